The summed E-state index contributed by atoms with van der Waals surface area (Å²) in [6, 6.07) is 8.36. The molecule has 0 atom stereocenters. The van der Waals surface area contributed by atoms with Crippen LogP contribution in [0.15, 0.2) is 42.5 Å². The Hall–Kier alpha value is -3.88. The van der Waals surface area contributed by atoms with Gasteiger partial charge in [0.25, 0.3) is 5.91 Å². The van der Waals surface area contributed by atoms with E-state index in [0.717, 1.165) is 5.56 Å². The number of amides is 1. The van der Waals surface area contributed by atoms with E-state index in [1.165, 1.54) is 4.90 Å². The van der Waals surface area contributed by atoms with Crippen molar-refractivity contribution < 1.29 is 39.6 Å². The summed E-state index contributed by atoms with van der Waals surface area (Å²) in [6.45, 7) is 1.92. The van der Waals surface area contributed by atoms with Crippen LogP contribution < -0.4 is 10.2 Å². The van der Waals surface area contributed by atoms with E-state index in [0.29, 0.717) is 30.7 Å². The van der Waals surface area contributed by atoms with Crippen LogP contribution in [-0.4, -0.2) is 66.9 Å². The summed E-state index contributed by atoms with van der Waals surface area (Å²) in [5.74, 6) is -0.508. The van der Waals surface area contributed by atoms with Gasteiger partial charge >= 0.3 is 12.4 Å². The number of halogens is 6. The minimum absolute atomic E-state index is 0.0189. The maximum absolute atomic E-state index is 14.1. The number of nitrogens with zero attached hydrogens (tertiary/aromatic N) is 4. The van der Waals surface area contributed by atoms with Gasteiger partial charge < -0.3 is 15.1 Å². The van der Waals surface area contributed by atoms with E-state index in [9.17, 15) is 39.6 Å². The third kappa shape index (κ3) is 6.71. The lowest BCUT2D eigenvalue weighted by Crippen LogP contribution is -2.42. The molecule has 1 fully saturated rings. The molecule has 230 valence electrons. The number of nitrogens with one attached hydrogen (secondary N) is 1. The standard InChI is InChI=1S/C28H27F6N5O3S/c1-17-5-2-3-6-21(17)23-22-24(37-26(36-23)38-9-11-43(41,42)12-10-38)35-7-4-8-39(25(22)40)16-18-13-19(27(29,30)31)15-20(14-18)28(32,33)34/h2-3,5-6,13-15H,4,7-12,16H2,1H3,(H,35,36,37). The van der Waals surface area contributed by atoms with E-state index in [-0.39, 0.29) is 65.8 Å². The van der Waals surface area contributed by atoms with E-state index in [4.69, 9.17) is 0 Å². The zero-order chi connectivity index (χ0) is 31.2. The van der Waals surface area contributed by atoms with Crippen LogP contribution in [0.2, 0.25) is 0 Å². The van der Waals surface area contributed by atoms with E-state index in [2.05, 4.69) is 15.3 Å². The third-order valence-corrected chi connectivity index (χ3v) is 8.95. The van der Waals surface area contributed by atoms with E-state index in [1.54, 1.807) is 36.1 Å². The van der Waals surface area contributed by atoms with Crippen molar-refractivity contribution in [3.8, 4) is 11.3 Å². The molecule has 0 bridgehead atoms. The summed E-state index contributed by atoms with van der Waals surface area (Å²) in [4.78, 5) is 26.2. The number of fused-ring (bicyclic) bond motifs is 1. The normalized spacial score (nSPS) is 17.6. The predicted octanol–water partition coefficient (Wildman–Crippen LogP) is 5.18. The Bertz CT molecular complexity index is 1610. The molecular formula is C28H27F6N5O3S. The molecule has 3 heterocycles. The second-order valence-electron chi connectivity index (χ2n) is 10.5. The van der Waals surface area contributed by atoms with E-state index < -0.39 is 45.8 Å². The van der Waals surface area contributed by atoms with Gasteiger partial charge in [-0.3, -0.25) is 4.79 Å². The van der Waals surface area contributed by atoms with Crippen LogP contribution in [0.1, 0.15) is 39.0 Å². The van der Waals surface area contributed by atoms with E-state index >= 15 is 0 Å². The van der Waals surface area contributed by atoms with Crippen molar-refractivity contribution in [2.45, 2.75) is 32.2 Å². The molecule has 2 aromatic carbocycles. The number of aryl methyl sites for hydroxylation is 1. The topological polar surface area (TPSA) is 95.5 Å². The zero-order valence-corrected chi connectivity index (χ0v) is 23.7. The van der Waals surface area contributed by atoms with Gasteiger partial charge in [-0.2, -0.15) is 31.3 Å². The Balaban J connectivity index is 1.60. The number of carbonyl (C=O) groups is 1. The number of rotatable bonds is 4. The summed E-state index contributed by atoms with van der Waals surface area (Å²) in [5.41, 5.74) is -1.69. The third-order valence-electron chi connectivity index (χ3n) is 7.34. The average molecular weight is 628 g/mol. The van der Waals surface area contributed by atoms with Crippen LogP contribution in [0.25, 0.3) is 11.3 Å². The highest BCUT2D eigenvalue weighted by atomic mass is 32.2. The minimum Gasteiger partial charge on any atom is -0.369 e. The molecule has 0 spiro atoms. The van der Waals surface area contributed by atoms with Gasteiger partial charge in [0.15, 0.2) is 9.84 Å². The maximum Gasteiger partial charge on any atom is 0.416 e. The van der Waals surface area contributed by atoms with Crippen molar-refractivity contribution in [2.24, 2.45) is 0 Å². The van der Waals surface area contributed by atoms with Gasteiger partial charge in [0.1, 0.15) is 11.4 Å². The van der Waals surface area contributed by atoms with Gasteiger partial charge in [0.05, 0.1) is 28.3 Å². The molecule has 1 aromatic heterocycles. The van der Waals surface area contributed by atoms with Crippen LogP contribution in [0.5, 0.6) is 0 Å². The number of sulfone groups is 1. The largest absolute Gasteiger partial charge is 0.416 e. The number of hydrogen-bond donors (Lipinski definition) is 1. The fourth-order valence-electron chi connectivity index (χ4n) is 5.09. The first-order chi connectivity index (χ1) is 20.1. The van der Waals surface area contributed by atoms with Crippen LogP contribution in [0.4, 0.5) is 38.1 Å². The maximum atomic E-state index is 14.1. The number of carbonyl (C=O) groups excluding carboxylic acids is 1. The SMILES string of the molecule is Cc1ccccc1-c1nc(N2CCS(=O)(=O)CC2)nc2c1C(=O)N(Cc1cc(C(F)(F)F)cc(C(F)(F)F)c1)CCCN2. The number of benzene rings is 2. The number of anilines is 2. The molecular weight excluding hydrogens is 600 g/mol. The van der Waals surface area contributed by atoms with Crippen LogP contribution >= 0.6 is 0 Å². The number of aromatic nitrogens is 2. The second-order valence-corrected chi connectivity index (χ2v) is 12.8. The lowest BCUT2D eigenvalue weighted by Gasteiger charge is -2.31. The minimum atomic E-state index is -5.02. The Morgan fingerprint density at radius 1 is 0.907 bits per heavy atom. The van der Waals surface area contributed by atoms with Crippen LogP contribution in [0.3, 0.4) is 0 Å². The molecule has 2 aliphatic rings. The summed E-state index contributed by atoms with van der Waals surface area (Å²) in [6.07, 6.45) is -9.72. The molecule has 1 N–H and O–H groups in total. The van der Waals surface area contributed by atoms with Gasteiger partial charge in [-0.1, -0.05) is 24.3 Å². The van der Waals surface area contributed by atoms with Crippen LogP contribution in [0, 0.1) is 6.92 Å². The van der Waals surface area contributed by atoms with Gasteiger partial charge in [-0.15, -0.1) is 0 Å². The van der Waals surface area contributed by atoms with Gasteiger partial charge in [0, 0.05) is 38.3 Å². The molecule has 0 radical (unpaired) electrons. The highest BCUT2D eigenvalue weighted by Crippen LogP contribution is 2.38. The Morgan fingerprint density at radius 2 is 1.53 bits per heavy atom. The van der Waals surface area contributed by atoms with Crippen molar-refractivity contribution in [1.82, 2.24) is 14.9 Å². The summed E-state index contributed by atoms with van der Waals surface area (Å²) < 4.78 is 105. The second kappa shape index (κ2) is 11.3. The molecule has 5 rings (SSSR count). The predicted molar refractivity (Wildman–Crippen MR) is 147 cm³/mol. The van der Waals surface area contributed by atoms with E-state index in [1.807, 2.05) is 0 Å². The highest BCUT2D eigenvalue weighted by molar-refractivity contribution is 7.91. The first-order valence-electron chi connectivity index (χ1n) is 13.4. The average Bonchev–Trinajstić information content (AvgIpc) is 2.92. The Kier molecular flexibility index (Phi) is 8.05. The molecule has 8 nitrogen and oxygen atoms in total. The Labute approximate surface area is 243 Å². The first-order valence-corrected chi connectivity index (χ1v) is 15.2. The van der Waals surface area contributed by atoms with Crippen molar-refractivity contribution >= 4 is 27.5 Å². The fourth-order valence-corrected chi connectivity index (χ4v) is 6.29. The Morgan fingerprint density at radius 3 is 2.14 bits per heavy atom. The summed E-state index contributed by atoms with van der Waals surface area (Å²) in [7, 11) is -3.21. The van der Waals surface area contributed by atoms with Crippen molar-refractivity contribution in [1.29, 1.82) is 0 Å². The monoisotopic (exact) mass is 627 g/mol. The quantitative estimate of drug-likeness (QED) is 0.399. The summed E-state index contributed by atoms with van der Waals surface area (Å²) >= 11 is 0. The van der Waals surface area contributed by atoms with Crippen molar-refractivity contribution in [3.63, 3.8) is 0 Å². The summed E-state index contributed by atoms with van der Waals surface area (Å²) in [5, 5.41) is 3.12. The zero-order valence-electron chi connectivity index (χ0n) is 22.9. The molecule has 15 heteroatoms. The van der Waals surface area contributed by atoms with Crippen molar-refractivity contribution in [2.75, 3.05) is 47.9 Å². The molecule has 1 amide bonds. The smallest absolute Gasteiger partial charge is 0.369 e. The molecule has 43 heavy (non-hydrogen) atoms. The molecule has 0 unspecified atom stereocenters. The van der Waals surface area contributed by atoms with Gasteiger partial charge in [0.2, 0.25) is 5.95 Å². The number of alkyl halides is 6. The number of hydrogen-bond acceptors (Lipinski definition) is 7. The molecule has 2 aliphatic heterocycles. The molecule has 3 aromatic rings. The van der Waals surface area contributed by atoms with Crippen molar-refractivity contribution in [3.05, 3.63) is 70.3 Å². The lowest BCUT2D eigenvalue weighted by molar-refractivity contribution is -0.143. The fraction of sp³-hybridized carbons (Fsp3) is 0.393. The lowest BCUT2D eigenvalue weighted by atomic mass is 9.99. The van der Waals surface area contributed by atoms with Gasteiger partial charge in [-0.25, -0.2) is 13.4 Å². The van der Waals surface area contributed by atoms with Crippen LogP contribution in [-0.2, 0) is 28.7 Å². The van der Waals surface area contributed by atoms with Gasteiger partial charge in [-0.05, 0) is 42.7 Å². The molecule has 0 saturated carbocycles. The molecule has 1 saturated heterocycles. The first kappa shape index (κ1) is 30.6. The highest BCUT2D eigenvalue weighted by Gasteiger charge is 2.38. The molecule has 0 aliphatic carbocycles.